The highest BCUT2D eigenvalue weighted by Crippen LogP contribution is 2.33. The summed E-state index contributed by atoms with van der Waals surface area (Å²) in [5.41, 5.74) is 2.07. The minimum Gasteiger partial charge on any atom is -0.439 e. The smallest absolute Gasteiger partial charge is 0.419 e. The number of hydrogen-bond acceptors (Lipinski definition) is 3. The fourth-order valence-corrected chi connectivity index (χ4v) is 3.58. The molecule has 1 aromatic rings. The van der Waals surface area contributed by atoms with Gasteiger partial charge in [-0.1, -0.05) is 36.8 Å². The van der Waals surface area contributed by atoms with E-state index >= 15 is 0 Å². The lowest BCUT2D eigenvalue weighted by molar-refractivity contribution is 0.131. The molecule has 0 spiro atoms. The van der Waals surface area contributed by atoms with Crippen molar-refractivity contribution >= 4 is 12.1 Å². The van der Waals surface area contributed by atoms with Gasteiger partial charge in [-0.2, -0.15) is 0 Å². The largest absolute Gasteiger partial charge is 0.439 e. The molecule has 130 valence electrons. The van der Waals surface area contributed by atoms with Gasteiger partial charge in [-0.25, -0.2) is 14.5 Å². The molecule has 1 saturated heterocycles. The predicted molar refractivity (Wildman–Crippen MR) is 91.7 cm³/mol. The van der Waals surface area contributed by atoms with Crippen molar-refractivity contribution in [2.45, 2.75) is 64.6 Å². The number of imide groups is 1. The molecule has 0 radical (unpaired) electrons. The minimum atomic E-state index is -0.560. The van der Waals surface area contributed by atoms with Crippen LogP contribution >= 0.6 is 0 Å². The van der Waals surface area contributed by atoms with Crippen molar-refractivity contribution in [3.05, 3.63) is 35.4 Å². The Labute approximate surface area is 143 Å². The number of hydrogen-bond donors (Lipinski definition) is 1. The Morgan fingerprint density at radius 2 is 1.75 bits per heavy atom. The fraction of sp³-hybridized carbons (Fsp3) is 0.579. The molecular formula is C19H26N2O3. The van der Waals surface area contributed by atoms with Gasteiger partial charge in [0.2, 0.25) is 0 Å². The molecule has 1 aliphatic heterocycles. The molecule has 1 aliphatic carbocycles. The monoisotopic (exact) mass is 330 g/mol. The van der Waals surface area contributed by atoms with E-state index in [1.807, 2.05) is 38.1 Å². The molecule has 0 aromatic heterocycles. The molecule has 5 nitrogen and oxygen atoms in total. The van der Waals surface area contributed by atoms with Crippen LogP contribution in [-0.2, 0) is 4.74 Å². The molecule has 0 bridgehead atoms. The van der Waals surface area contributed by atoms with Crippen LogP contribution in [0.5, 0.6) is 0 Å². The lowest BCUT2D eigenvalue weighted by Crippen LogP contribution is -2.48. The summed E-state index contributed by atoms with van der Waals surface area (Å²) in [6.07, 6.45) is 3.23. The molecule has 2 fully saturated rings. The van der Waals surface area contributed by atoms with Crippen LogP contribution in [0.15, 0.2) is 24.3 Å². The zero-order chi connectivity index (χ0) is 17.3. The molecule has 1 aromatic carbocycles. The number of nitrogens with one attached hydrogen (secondary N) is 1. The maximum absolute atomic E-state index is 12.6. The van der Waals surface area contributed by atoms with Crippen LogP contribution in [0.3, 0.4) is 0 Å². The number of carbonyl (C=O) groups excluding carboxylic acids is 2. The minimum absolute atomic E-state index is 0.159. The number of urea groups is 1. The third-order valence-corrected chi connectivity index (χ3v) is 5.24. The van der Waals surface area contributed by atoms with Gasteiger partial charge in [-0.3, -0.25) is 0 Å². The highest BCUT2D eigenvalue weighted by Gasteiger charge is 2.43. The van der Waals surface area contributed by atoms with Gasteiger partial charge in [0.05, 0.1) is 6.04 Å². The molecule has 1 saturated carbocycles. The molecule has 1 heterocycles. The normalized spacial score (nSPS) is 30.1. The number of aryl methyl sites for hydroxylation is 1. The SMILES string of the molecule is Cc1ccc([C@H]2OC(=O)N(C(=O)NC3CCC(C)CC3)[C@@H]2C)cc1. The number of amides is 3. The summed E-state index contributed by atoms with van der Waals surface area (Å²) >= 11 is 0. The summed E-state index contributed by atoms with van der Waals surface area (Å²) in [7, 11) is 0. The van der Waals surface area contributed by atoms with Gasteiger partial charge in [-0.05, 0) is 51.0 Å². The third-order valence-electron chi connectivity index (χ3n) is 5.24. The number of nitrogens with zero attached hydrogens (tertiary/aromatic N) is 1. The van der Waals surface area contributed by atoms with Crippen molar-refractivity contribution in [3.63, 3.8) is 0 Å². The predicted octanol–water partition coefficient (Wildman–Crippen LogP) is 4.17. The van der Waals surface area contributed by atoms with Crippen LogP contribution < -0.4 is 5.32 Å². The highest BCUT2D eigenvalue weighted by molar-refractivity contribution is 5.93. The van der Waals surface area contributed by atoms with Crippen molar-refractivity contribution in [2.75, 3.05) is 0 Å². The lowest BCUT2D eigenvalue weighted by Gasteiger charge is -2.29. The van der Waals surface area contributed by atoms with Crippen molar-refractivity contribution in [2.24, 2.45) is 5.92 Å². The van der Waals surface area contributed by atoms with Gasteiger partial charge >= 0.3 is 12.1 Å². The lowest BCUT2D eigenvalue weighted by atomic mass is 9.87. The average molecular weight is 330 g/mol. The average Bonchev–Trinajstić information content (AvgIpc) is 2.85. The van der Waals surface area contributed by atoms with Crippen molar-refractivity contribution in [1.82, 2.24) is 10.2 Å². The third kappa shape index (κ3) is 3.40. The standard InChI is InChI=1S/C19H26N2O3/c1-12-4-8-15(9-5-12)17-14(3)21(19(23)24-17)18(22)20-16-10-6-13(2)7-11-16/h4-5,8-9,13-14,16-17H,6-7,10-11H2,1-3H3,(H,20,22)/t13?,14-,16?,17+/m1/s1. The summed E-state index contributed by atoms with van der Waals surface area (Å²) < 4.78 is 5.47. The molecular weight excluding hydrogens is 304 g/mol. The van der Waals surface area contributed by atoms with Crippen LogP contribution in [0.25, 0.3) is 0 Å². The zero-order valence-corrected chi connectivity index (χ0v) is 14.6. The van der Waals surface area contributed by atoms with E-state index in [9.17, 15) is 9.59 Å². The summed E-state index contributed by atoms with van der Waals surface area (Å²) in [6, 6.07) is 7.39. The molecule has 2 atom stereocenters. The summed E-state index contributed by atoms with van der Waals surface area (Å²) in [5, 5.41) is 3.01. The first-order valence-corrected chi connectivity index (χ1v) is 8.82. The van der Waals surface area contributed by atoms with E-state index in [2.05, 4.69) is 12.2 Å². The number of ether oxygens (including phenoxy) is 1. The van der Waals surface area contributed by atoms with Crippen LogP contribution in [0.1, 0.15) is 56.8 Å². The Balaban J connectivity index is 1.66. The van der Waals surface area contributed by atoms with Crippen LogP contribution in [0.2, 0.25) is 0 Å². The van der Waals surface area contributed by atoms with Crippen molar-refractivity contribution < 1.29 is 14.3 Å². The van der Waals surface area contributed by atoms with E-state index < -0.39 is 12.2 Å². The number of rotatable bonds is 2. The second-order valence-electron chi connectivity index (χ2n) is 7.23. The maximum Gasteiger partial charge on any atom is 0.419 e. The molecule has 3 amide bonds. The van der Waals surface area contributed by atoms with Crippen molar-refractivity contribution in [1.29, 1.82) is 0 Å². The fourth-order valence-electron chi connectivity index (χ4n) is 3.58. The zero-order valence-electron chi connectivity index (χ0n) is 14.6. The number of cyclic esters (lactones) is 1. The van der Waals surface area contributed by atoms with E-state index in [4.69, 9.17) is 4.74 Å². The Bertz CT molecular complexity index is 606. The Kier molecular flexibility index (Phi) is 4.78. The van der Waals surface area contributed by atoms with Crippen molar-refractivity contribution in [3.8, 4) is 0 Å². The van der Waals surface area contributed by atoms with Gasteiger partial charge < -0.3 is 10.1 Å². The van der Waals surface area contributed by atoms with E-state index in [1.54, 1.807) is 0 Å². The van der Waals surface area contributed by atoms with Gasteiger partial charge in [0.15, 0.2) is 0 Å². The van der Waals surface area contributed by atoms with Crippen LogP contribution in [0, 0.1) is 12.8 Å². The molecule has 0 unspecified atom stereocenters. The van der Waals surface area contributed by atoms with Crippen LogP contribution in [-0.4, -0.2) is 29.1 Å². The first-order chi connectivity index (χ1) is 11.5. The van der Waals surface area contributed by atoms with Gasteiger partial charge in [-0.15, -0.1) is 0 Å². The van der Waals surface area contributed by atoms with Gasteiger partial charge in [0, 0.05) is 6.04 Å². The van der Waals surface area contributed by atoms with E-state index in [0.717, 1.165) is 42.7 Å². The molecule has 24 heavy (non-hydrogen) atoms. The molecule has 1 N–H and O–H groups in total. The van der Waals surface area contributed by atoms with E-state index in [0.29, 0.717) is 0 Å². The Hall–Kier alpha value is -2.04. The topological polar surface area (TPSA) is 58.6 Å². The number of carbonyl (C=O) groups is 2. The quantitative estimate of drug-likeness (QED) is 0.885. The molecule has 3 rings (SSSR count). The van der Waals surface area contributed by atoms with E-state index in [-0.39, 0.29) is 18.1 Å². The summed E-state index contributed by atoms with van der Waals surface area (Å²) in [6.45, 7) is 6.11. The molecule has 2 aliphatic rings. The Morgan fingerprint density at radius 1 is 1.12 bits per heavy atom. The number of benzene rings is 1. The van der Waals surface area contributed by atoms with Gasteiger partial charge in [0.1, 0.15) is 6.10 Å². The van der Waals surface area contributed by atoms with Crippen LogP contribution in [0.4, 0.5) is 9.59 Å². The second kappa shape index (κ2) is 6.83. The van der Waals surface area contributed by atoms with Gasteiger partial charge in [0.25, 0.3) is 0 Å². The first kappa shape index (κ1) is 16.8. The Morgan fingerprint density at radius 3 is 2.38 bits per heavy atom. The second-order valence-corrected chi connectivity index (χ2v) is 7.23. The maximum atomic E-state index is 12.6. The van der Waals surface area contributed by atoms with E-state index in [1.165, 1.54) is 4.90 Å². The summed E-state index contributed by atoms with van der Waals surface area (Å²) in [5.74, 6) is 0.722. The first-order valence-electron chi connectivity index (χ1n) is 8.82. The molecule has 5 heteroatoms. The summed E-state index contributed by atoms with van der Waals surface area (Å²) in [4.78, 5) is 26.0. The highest BCUT2D eigenvalue weighted by atomic mass is 16.6.